The van der Waals surface area contributed by atoms with Crippen LogP contribution in [-0.4, -0.2) is 17.1 Å². The minimum absolute atomic E-state index is 0.0303. The molecule has 1 aromatic heterocycles. The van der Waals surface area contributed by atoms with Crippen LogP contribution in [-0.2, 0) is 0 Å². The zero-order chi connectivity index (χ0) is 16.6. The van der Waals surface area contributed by atoms with E-state index in [1.165, 1.54) is 6.07 Å². The van der Waals surface area contributed by atoms with Gasteiger partial charge < -0.3 is 4.48 Å². The minimum atomic E-state index is -2.75. The maximum atomic E-state index is 13.4. The van der Waals surface area contributed by atoms with Gasteiger partial charge in [0.1, 0.15) is 10.3 Å². The molecule has 0 amide bonds. The van der Waals surface area contributed by atoms with Gasteiger partial charge in [-0.3, -0.25) is 8.63 Å². The van der Waals surface area contributed by atoms with E-state index in [1.807, 2.05) is 31.2 Å². The van der Waals surface area contributed by atoms with Crippen LogP contribution < -0.4 is 0 Å². The Bertz CT molecular complexity index is 836. The number of rotatable bonds is 3. The first-order valence-corrected chi connectivity index (χ1v) is 7.62. The quantitative estimate of drug-likeness (QED) is 0.678. The number of nitrogens with zero attached hydrogens (tertiary/aromatic N) is 2. The number of aromatic nitrogens is 1. The first kappa shape index (κ1) is 16.0. The van der Waals surface area contributed by atoms with Gasteiger partial charge in [-0.25, -0.2) is 4.99 Å². The predicted octanol–water partition coefficient (Wildman–Crippen LogP) is 5.19. The molecule has 2 nitrogen and oxygen atoms in total. The second-order valence-electron chi connectivity index (χ2n) is 5.08. The number of halogens is 4. The molecule has 0 unspecified atom stereocenters. The lowest BCUT2D eigenvalue weighted by molar-refractivity contribution is 0.628. The second-order valence-corrected chi connectivity index (χ2v) is 5.86. The summed E-state index contributed by atoms with van der Waals surface area (Å²) in [5.41, 5.74) is 3.22. The topological polar surface area (TPSA) is 17.3 Å². The summed E-state index contributed by atoms with van der Waals surface area (Å²) in [4.78, 5) is 4.22. The Kier molecular flexibility index (Phi) is 4.42. The maximum Gasteiger partial charge on any atom is 0.678 e. The molecular weight excluding hydrogens is 340 g/mol. The Balaban J connectivity index is 2.27. The summed E-state index contributed by atoms with van der Waals surface area (Å²) >= 11 is 11.8. The lowest BCUT2D eigenvalue weighted by Crippen LogP contribution is -2.16. The van der Waals surface area contributed by atoms with Crippen LogP contribution in [0.3, 0.4) is 0 Å². The van der Waals surface area contributed by atoms with E-state index in [1.54, 1.807) is 18.2 Å². The Morgan fingerprint density at radius 2 is 1.74 bits per heavy atom. The van der Waals surface area contributed by atoms with Crippen molar-refractivity contribution >= 4 is 41.3 Å². The monoisotopic (exact) mass is 350 g/mol. The van der Waals surface area contributed by atoms with E-state index in [4.69, 9.17) is 23.2 Å². The first-order valence-electron chi connectivity index (χ1n) is 6.86. The molecule has 1 aromatic carbocycles. The molecule has 0 saturated heterocycles. The molecule has 0 aliphatic carbocycles. The fraction of sp³-hybridized carbons (Fsp3) is 0.0625. The first-order chi connectivity index (χ1) is 11.0. The molecule has 1 aliphatic heterocycles. The van der Waals surface area contributed by atoms with Crippen LogP contribution in [0.5, 0.6) is 0 Å². The minimum Gasteiger partial charge on any atom is -0.316 e. The van der Waals surface area contributed by atoms with Crippen LogP contribution in [0.15, 0.2) is 59.2 Å². The van der Waals surface area contributed by atoms with Gasteiger partial charge in [0.25, 0.3) is 0 Å². The van der Waals surface area contributed by atoms with Crippen molar-refractivity contribution in [1.29, 1.82) is 0 Å². The van der Waals surface area contributed by atoms with Gasteiger partial charge in [-0.2, -0.15) is 0 Å². The summed E-state index contributed by atoms with van der Waals surface area (Å²) in [6.45, 7) is 1.96. The molecule has 0 radical (unpaired) electrons. The van der Waals surface area contributed by atoms with Gasteiger partial charge in [0.05, 0.1) is 5.70 Å². The van der Waals surface area contributed by atoms with Gasteiger partial charge >= 0.3 is 7.40 Å². The fourth-order valence-corrected chi connectivity index (χ4v) is 2.83. The standard InChI is InChI=1S/C16H11BCl2F2N2/c1-10-2-4-11(5-3-10)16(12-6-8-14(18)22-12)13-7-9-15(19)23(13)17(20)21/h2-9H,1H3/b16-12-. The van der Waals surface area contributed by atoms with Crippen molar-refractivity contribution in [3.05, 3.63) is 76.2 Å². The molecule has 1 aliphatic rings. The fourth-order valence-electron chi connectivity index (χ4n) is 2.45. The molecule has 0 atom stereocenters. The van der Waals surface area contributed by atoms with Crippen LogP contribution in [0, 0.1) is 6.92 Å². The van der Waals surface area contributed by atoms with Crippen molar-refractivity contribution in [1.82, 2.24) is 4.48 Å². The summed E-state index contributed by atoms with van der Waals surface area (Å²) in [6.07, 6.45) is 3.33. The zero-order valence-electron chi connectivity index (χ0n) is 12.1. The van der Waals surface area contributed by atoms with Gasteiger partial charge in [0.15, 0.2) is 0 Å². The molecule has 0 bridgehead atoms. The second kappa shape index (κ2) is 6.34. The van der Waals surface area contributed by atoms with Crippen molar-refractivity contribution in [2.24, 2.45) is 4.99 Å². The molecule has 0 fully saturated rings. The van der Waals surface area contributed by atoms with Crippen LogP contribution in [0.25, 0.3) is 5.57 Å². The maximum absolute atomic E-state index is 13.4. The molecule has 0 N–H and O–H groups in total. The van der Waals surface area contributed by atoms with E-state index in [9.17, 15) is 8.63 Å². The average molecular weight is 351 g/mol. The molecular formula is C16H11BCl2F2N2. The number of aryl methyl sites for hydroxylation is 1. The molecule has 116 valence electrons. The molecule has 0 spiro atoms. The van der Waals surface area contributed by atoms with Crippen molar-refractivity contribution in [3.8, 4) is 0 Å². The zero-order valence-corrected chi connectivity index (χ0v) is 13.6. The van der Waals surface area contributed by atoms with Crippen molar-refractivity contribution in [2.75, 3.05) is 0 Å². The number of hydrogen-bond acceptors (Lipinski definition) is 1. The SMILES string of the molecule is Cc1ccc(/C(=C2\C=CC(Cl)=N2)c2ccc(Cl)n2B(F)F)cc1. The summed E-state index contributed by atoms with van der Waals surface area (Å²) in [5.74, 6) is 0. The van der Waals surface area contributed by atoms with E-state index < -0.39 is 7.40 Å². The highest BCUT2D eigenvalue weighted by atomic mass is 35.5. The van der Waals surface area contributed by atoms with Crippen LogP contribution in [0.2, 0.25) is 5.15 Å². The van der Waals surface area contributed by atoms with E-state index in [0.29, 0.717) is 22.1 Å². The highest BCUT2D eigenvalue weighted by molar-refractivity contribution is 6.69. The van der Waals surface area contributed by atoms with E-state index in [-0.39, 0.29) is 5.15 Å². The van der Waals surface area contributed by atoms with Crippen LogP contribution >= 0.6 is 23.2 Å². The van der Waals surface area contributed by atoms with Gasteiger partial charge in [0.2, 0.25) is 0 Å². The van der Waals surface area contributed by atoms with E-state index in [0.717, 1.165) is 15.6 Å². The molecule has 2 heterocycles. The normalized spacial score (nSPS) is 15.8. The van der Waals surface area contributed by atoms with E-state index >= 15 is 0 Å². The Hall–Kier alpha value is -1.85. The summed E-state index contributed by atoms with van der Waals surface area (Å²) in [5, 5.41) is 0.281. The van der Waals surface area contributed by atoms with E-state index in [2.05, 4.69) is 4.99 Å². The molecule has 0 saturated carbocycles. The van der Waals surface area contributed by atoms with Gasteiger partial charge in [0, 0.05) is 11.3 Å². The number of allylic oxidation sites excluding steroid dienone is 2. The van der Waals surface area contributed by atoms with Crippen LogP contribution in [0.4, 0.5) is 8.63 Å². The lowest BCUT2D eigenvalue weighted by atomic mass is 9.98. The van der Waals surface area contributed by atoms with Crippen LogP contribution in [0.1, 0.15) is 16.8 Å². The number of hydrogen-bond donors (Lipinski definition) is 0. The number of aliphatic imine (C=N–C) groups is 1. The Labute approximate surface area is 142 Å². The third-order valence-electron chi connectivity index (χ3n) is 3.52. The Morgan fingerprint density at radius 1 is 1.04 bits per heavy atom. The van der Waals surface area contributed by atoms with Gasteiger partial charge in [-0.15, -0.1) is 0 Å². The van der Waals surface area contributed by atoms with Crippen molar-refractivity contribution < 1.29 is 8.63 Å². The van der Waals surface area contributed by atoms with Crippen molar-refractivity contribution in [3.63, 3.8) is 0 Å². The smallest absolute Gasteiger partial charge is 0.316 e. The molecule has 3 rings (SSSR count). The third-order valence-corrected chi connectivity index (χ3v) is 4.04. The molecule has 23 heavy (non-hydrogen) atoms. The molecule has 2 aromatic rings. The summed E-state index contributed by atoms with van der Waals surface area (Å²) in [7, 11) is -2.75. The Morgan fingerprint density at radius 3 is 2.30 bits per heavy atom. The highest BCUT2D eigenvalue weighted by Crippen LogP contribution is 2.33. The third kappa shape index (κ3) is 3.12. The average Bonchev–Trinajstić information content (AvgIpc) is 3.08. The van der Waals surface area contributed by atoms with Gasteiger partial charge in [-0.1, -0.05) is 53.0 Å². The predicted molar refractivity (Wildman–Crippen MR) is 92.4 cm³/mol. The molecule has 7 heteroatoms. The lowest BCUT2D eigenvalue weighted by Gasteiger charge is -2.13. The highest BCUT2D eigenvalue weighted by Gasteiger charge is 2.26. The summed E-state index contributed by atoms with van der Waals surface area (Å²) < 4.78 is 27.6. The number of benzene rings is 1. The largest absolute Gasteiger partial charge is 0.678 e. The summed E-state index contributed by atoms with van der Waals surface area (Å²) in [6, 6.07) is 10.6. The van der Waals surface area contributed by atoms with Crippen molar-refractivity contribution in [2.45, 2.75) is 6.92 Å². The van der Waals surface area contributed by atoms with Gasteiger partial charge in [-0.05, 0) is 36.8 Å².